The standard InChI is InChI=1S/C20H18N4O2/c1-26-13-15-8-5-9-16(10-15)17-11-21-18-19(23-20(25)22-18)24(17)12-14-6-3-2-4-7-14/h2-11H,12-13H2,1H3,(H,21,22,25). The molecule has 2 aliphatic rings. The Morgan fingerprint density at radius 3 is 2.69 bits per heavy atom. The lowest BCUT2D eigenvalue weighted by Gasteiger charge is -2.17. The van der Waals surface area contributed by atoms with Crippen LogP contribution in [0.15, 0.2) is 65.6 Å². The van der Waals surface area contributed by atoms with Gasteiger partial charge in [-0.25, -0.2) is 9.78 Å². The van der Waals surface area contributed by atoms with Crippen LogP contribution in [0.4, 0.5) is 0 Å². The van der Waals surface area contributed by atoms with Gasteiger partial charge < -0.3 is 9.30 Å². The lowest BCUT2D eigenvalue weighted by molar-refractivity contribution is 0.185. The summed E-state index contributed by atoms with van der Waals surface area (Å²) in [5, 5.41) is 0. The molecule has 26 heavy (non-hydrogen) atoms. The number of aromatic amines is 1. The third-order valence-electron chi connectivity index (χ3n) is 4.22. The van der Waals surface area contributed by atoms with Crippen molar-refractivity contribution in [2.24, 2.45) is 0 Å². The van der Waals surface area contributed by atoms with Gasteiger partial charge in [0.1, 0.15) is 0 Å². The number of fused-ring (bicyclic) bond motifs is 1. The van der Waals surface area contributed by atoms with Crippen LogP contribution in [0.3, 0.4) is 0 Å². The summed E-state index contributed by atoms with van der Waals surface area (Å²) in [6.07, 6.45) is 1.77. The van der Waals surface area contributed by atoms with Crippen LogP contribution >= 0.6 is 0 Å². The van der Waals surface area contributed by atoms with E-state index in [1.807, 2.05) is 41.0 Å². The number of ether oxygens (including phenoxy) is 1. The number of rotatable bonds is 5. The van der Waals surface area contributed by atoms with Crippen LogP contribution in [0.25, 0.3) is 22.9 Å². The topological polar surface area (TPSA) is 72.8 Å². The summed E-state index contributed by atoms with van der Waals surface area (Å²) in [5.74, 6) is 1.04. The molecule has 0 aromatic heterocycles. The van der Waals surface area contributed by atoms with Crippen molar-refractivity contribution in [1.82, 2.24) is 19.5 Å². The maximum absolute atomic E-state index is 11.7. The van der Waals surface area contributed by atoms with E-state index in [2.05, 4.69) is 33.2 Å². The average Bonchev–Trinajstić information content (AvgIpc) is 3.04. The van der Waals surface area contributed by atoms with Crippen molar-refractivity contribution in [1.29, 1.82) is 0 Å². The van der Waals surface area contributed by atoms with Crippen molar-refractivity contribution >= 4 is 0 Å². The van der Waals surface area contributed by atoms with E-state index in [-0.39, 0.29) is 5.69 Å². The Morgan fingerprint density at radius 1 is 1.08 bits per heavy atom. The van der Waals surface area contributed by atoms with Gasteiger partial charge in [0, 0.05) is 19.2 Å². The second-order valence-electron chi connectivity index (χ2n) is 6.06. The number of methoxy groups -OCH3 is 1. The van der Waals surface area contributed by atoms with Gasteiger partial charge in [0.2, 0.25) is 0 Å². The minimum atomic E-state index is -0.389. The van der Waals surface area contributed by atoms with Gasteiger partial charge in [0.15, 0.2) is 11.6 Å². The molecule has 2 aromatic carbocycles. The molecule has 2 aromatic rings. The molecule has 0 amide bonds. The van der Waals surface area contributed by atoms with Gasteiger partial charge in [-0.15, -0.1) is 0 Å². The van der Waals surface area contributed by atoms with E-state index < -0.39 is 0 Å². The van der Waals surface area contributed by atoms with Crippen LogP contribution in [0.1, 0.15) is 11.1 Å². The van der Waals surface area contributed by atoms with Crippen LogP contribution in [-0.4, -0.2) is 26.6 Å². The highest BCUT2D eigenvalue weighted by molar-refractivity contribution is 5.64. The van der Waals surface area contributed by atoms with Gasteiger partial charge in [-0.2, -0.15) is 4.98 Å². The first-order valence-corrected chi connectivity index (χ1v) is 8.32. The minimum absolute atomic E-state index is 0.389. The molecule has 0 atom stereocenters. The molecular formula is C20H18N4O2. The molecule has 6 heteroatoms. The molecule has 0 spiro atoms. The quantitative estimate of drug-likeness (QED) is 0.603. The number of nitrogens with zero attached hydrogens (tertiary/aromatic N) is 3. The number of hydrogen-bond donors (Lipinski definition) is 1. The molecule has 4 rings (SSSR count). The first-order valence-electron chi connectivity index (χ1n) is 8.32. The van der Waals surface area contributed by atoms with Gasteiger partial charge in [-0.1, -0.05) is 48.5 Å². The van der Waals surface area contributed by atoms with E-state index in [0.29, 0.717) is 24.8 Å². The summed E-state index contributed by atoms with van der Waals surface area (Å²) < 4.78 is 7.25. The molecule has 0 saturated carbocycles. The van der Waals surface area contributed by atoms with Gasteiger partial charge in [-0.3, -0.25) is 4.98 Å². The SMILES string of the molecule is COCc1cccc(-c2cnc3[nH]c(=O)nc-3n2Cc2ccccc2)c1. The maximum atomic E-state index is 11.7. The molecule has 0 aliphatic carbocycles. The van der Waals surface area contributed by atoms with Gasteiger partial charge >= 0.3 is 5.69 Å². The monoisotopic (exact) mass is 346 g/mol. The van der Waals surface area contributed by atoms with E-state index in [9.17, 15) is 4.79 Å². The molecule has 130 valence electrons. The summed E-state index contributed by atoms with van der Waals surface area (Å²) in [4.78, 5) is 22.9. The Balaban J connectivity index is 1.88. The summed E-state index contributed by atoms with van der Waals surface area (Å²) in [5.41, 5.74) is 3.70. The molecule has 0 unspecified atom stereocenters. The van der Waals surface area contributed by atoms with Crippen molar-refractivity contribution in [2.45, 2.75) is 13.2 Å². The van der Waals surface area contributed by atoms with E-state index in [0.717, 1.165) is 22.4 Å². The number of imidazole rings is 1. The zero-order valence-electron chi connectivity index (χ0n) is 14.3. The molecule has 0 bridgehead atoms. The van der Waals surface area contributed by atoms with Crippen LogP contribution in [0, 0.1) is 0 Å². The third-order valence-corrected chi connectivity index (χ3v) is 4.22. The molecule has 0 fully saturated rings. The van der Waals surface area contributed by atoms with Gasteiger partial charge in [0.25, 0.3) is 0 Å². The summed E-state index contributed by atoms with van der Waals surface area (Å²) in [6.45, 7) is 1.13. The van der Waals surface area contributed by atoms with E-state index in [4.69, 9.17) is 4.74 Å². The molecule has 0 radical (unpaired) electrons. The normalized spacial score (nSPS) is 11.1. The fourth-order valence-electron chi connectivity index (χ4n) is 3.07. The maximum Gasteiger partial charge on any atom is 0.348 e. The molecule has 2 heterocycles. The van der Waals surface area contributed by atoms with Gasteiger partial charge in [0.05, 0.1) is 18.5 Å². The minimum Gasteiger partial charge on any atom is -0.380 e. The van der Waals surface area contributed by atoms with E-state index >= 15 is 0 Å². The van der Waals surface area contributed by atoms with Crippen LogP contribution in [0.5, 0.6) is 0 Å². The Morgan fingerprint density at radius 2 is 1.88 bits per heavy atom. The third kappa shape index (κ3) is 3.14. The summed E-state index contributed by atoms with van der Waals surface area (Å²) in [6, 6.07) is 18.2. The highest BCUT2D eigenvalue weighted by Crippen LogP contribution is 2.26. The van der Waals surface area contributed by atoms with Crippen molar-refractivity contribution in [3.05, 3.63) is 82.4 Å². The zero-order valence-corrected chi connectivity index (χ0v) is 14.3. The predicted molar refractivity (Wildman–Crippen MR) is 99.0 cm³/mol. The number of hydrogen-bond acceptors (Lipinski definition) is 4. The van der Waals surface area contributed by atoms with Gasteiger partial charge in [-0.05, 0) is 17.2 Å². The highest BCUT2D eigenvalue weighted by atomic mass is 16.5. The molecule has 1 N–H and O–H groups in total. The smallest absolute Gasteiger partial charge is 0.348 e. The Kier molecular flexibility index (Phi) is 4.33. The first-order chi connectivity index (χ1) is 12.7. The summed E-state index contributed by atoms with van der Waals surface area (Å²) >= 11 is 0. The predicted octanol–water partition coefficient (Wildman–Crippen LogP) is 2.93. The number of benzene rings is 2. The lowest BCUT2D eigenvalue weighted by Crippen LogP contribution is -2.11. The number of aromatic nitrogens is 4. The fourth-order valence-corrected chi connectivity index (χ4v) is 3.07. The average molecular weight is 346 g/mol. The van der Waals surface area contributed by atoms with Crippen molar-refractivity contribution < 1.29 is 4.74 Å². The molecule has 2 aliphatic heterocycles. The van der Waals surface area contributed by atoms with Crippen LogP contribution in [-0.2, 0) is 17.9 Å². The number of H-pyrrole nitrogens is 1. The molecule has 6 nitrogen and oxygen atoms in total. The molecular weight excluding hydrogens is 328 g/mol. The van der Waals surface area contributed by atoms with Crippen molar-refractivity contribution in [3.8, 4) is 22.9 Å². The van der Waals surface area contributed by atoms with Crippen LogP contribution < -0.4 is 5.69 Å². The Hall–Kier alpha value is -3.25. The number of nitrogens with one attached hydrogen (secondary N) is 1. The van der Waals surface area contributed by atoms with Crippen LogP contribution in [0.2, 0.25) is 0 Å². The highest BCUT2D eigenvalue weighted by Gasteiger charge is 2.18. The van der Waals surface area contributed by atoms with Crippen molar-refractivity contribution in [2.75, 3.05) is 7.11 Å². The Labute approximate surface area is 150 Å². The second-order valence-corrected chi connectivity index (χ2v) is 6.06. The second kappa shape index (κ2) is 6.93. The molecule has 0 saturated heterocycles. The zero-order chi connectivity index (χ0) is 17.9. The largest absolute Gasteiger partial charge is 0.380 e. The van der Waals surface area contributed by atoms with E-state index in [1.165, 1.54) is 0 Å². The fraction of sp³-hybridized carbons (Fsp3) is 0.150. The van der Waals surface area contributed by atoms with E-state index in [1.54, 1.807) is 13.3 Å². The van der Waals surface area contributed by atoms with Crippen molar-refractivity contribution in [3.63, 3.8) is 0 Å². The first kappa shape index (κ1) is 16.2. The lowest BCUT2D eigenvalue weighted by atomic mass is 10.1. The Bertz CT molecular complexity index is 1050. The summed E-state index contributed by atoms with van der Waals surface area (Å²) in [7, 11) is 1.68.